The van der Waals surface area contributed by atoms with Gasteiger partial charge in [-0.05, 0) is 37.0 Å². The molecule has 156 valence electrons. The first-order valence-electron chi connectivity index (χ1n) is 9.52. The van der Waals surface area contributed by atoms with Crippen molar-refractivity contribution in [2.45, 2.75) is 25.4 Å². The van der Waals surface area contributed by atoms with Crippen molar-refractivity contribution in [1.29, 1.82) is 0 Å². The quantitative estimate of drug-likeness (QED) is 0.516. The summed E-state index contributed by atoms with van der Waals surface area (Å²) < 4.78 is 16.0. The van der Waals surface area contributed by atoms with Crippen molar-refractivity contribution >= 4 is 24.1 Å². The molecule has 2 atom stereocenters. The van der Waals surface area contributed by atoms with Crippen molar-refractivity contribution in [2.75, 3.05) is 33.9 Å². The number of amides is 4. The molecule has 2 aliphatic rings. The summed E-state index contributed by atoms with van der Waals surface area (Å²) >= 11 is 0. The minimum Gasteiger partial charge on any atom is -0.493 e. The van der Waals surface area contributed by atoms with Gasteiger partial charge in [0.05, 0.1) is 26.9 Å². The van der Waals surface area contributed by atoms with Gasteiger partial charge in [-0.1, -0.05) is 6.07 Å². The fraction of sp³-hybridized carbons (Fsp3) is 0.500. The van der Waals surface area contributed by atoms with Crippen LogP contribution in [0.4, 0.5) is 4.79 Å². The van der Waals surface area contributed by atoms with E-state index in [2.05, 4.69) is 10.3 Å². The fourth-order valence-corrected chi connectivity index (χ4v) is 3.32. The number of rotatable bonds is 8. The topological polar surface area (TPSA) is 107 Å². The third-order valence-electron chi connectivity index (χ3n) is 4.95. The Morgan fingerprint density at radius 1 is 1.24 bits per heavy atom. The largest absolute Gasteiger partial charge is 0.493 e. The Balaban J connectivity index is 1.63. The van der Waals surface area contributed by atoms with Gasteiger partial charge in [0.1, 0.15) is 0 Å². The van der Waals surface area contributed by atoms with Crippen molar-refractivity contribution in [3.05, 3.63) is 23.8 Å². The van der Waals surface area contributed by atoms with Crippen LogP contribution in [0.2, 0.25) is 0 Å². The number of carbonyl (C=O) groups is 3. The molecule has 0 radical (unpaired) electrons. The molecule has 9 nitrogen and oxygen atoms in total. The number of urea groups is 1. The zero-order chi connectivity index (χ0) is 20.8. The lowest BCUT2D eigenvalue weighted by Gasteiger charge is -2.28. The van der Waals surface area contributed by atoms with Gasteiger partial charge < -0.3 is 14.2 Å². The summed E-state index contributed by atoms with van der Waals surface area (Å²) in [6.45, 7) is 1.24. The van der Waals surface area contributed by atoms with E-state index < -0.39 is 23.8 Å². The molecule has 1 N–H and O–H groups in total. The lowest BCUT2D eigenvalue weighted by molar-refractivity contribution is -0.139. The van der Waals surface area contributed by atoms with E-state index in [1.807, 2.05) is 6.07 Å². The molecule has 0 aromatic heterocycles. The Bertz CT molecular complexity index is 803. The van der Waals surface area contributed by atoms with Gasteiger partial charge in [-0.25, -0.2) is 4.79 Å². The molecule has 3 rings (SSSR count). The number of benzene rings is 1. The van der Waals surface area contributed by atoms with Crippen LogP contribution < -0.4 is 14.8 Å². The Kier molecular flexibility index (Phi) is 6.82. The molecule has 0 unspecified atom stereocenters. The molecule has 29 heavy (non-hydrogen) atoms. The van der Waals surface area contributed by atoms with Gasteiger partial charge in [-0.2, -0.15) is 0 Å². The summed E-state index contributed by atoms with van der Waals surface area (Å²) in [7, 11) is 3.08. The second-order valence-electron chi connectivity index (χ2n) is 6.85. The summed E-state index contributed by atoms with van der Waals surface area (Å²) in [5, 5.41) is 2.23. The number of barbiturate groups is 1. The number of hydrogen-bond acceptors (Lipinski definition) is 7. The zero-order valence-electron chi connectivity index (χ0n) is 16.6. The van der Waals surface area contributed by atoms with Gasteiger partial charge in [-0.3, -0.25) is 24.8 Å². The Morgan fingerprint density at radius 3 is 2.72 bits per heavy atom. The molecule has 2 aliphatic heterocycles. The predicted octanol–water partition coefficient (Wildman–Crippen LogP) is 1.19. The number of aliphatic imine (C=N–C) groups is 1. The SMILES string of the molecule is COc1ccc(CCN2C(=O)NC(=O)[C@@H](C=NC[C@H]3CCCO3)C2=O)cc1OC. The first kappa shape index (κ1) is 20.8. The Labute approximate surface area is 169 Å². The van der Waals surface area contributed by atoms with Gasteiger partial charge >= 0.3 is 6.03 Å². The maximum absolute atomic E-state index is 12.7. The van der Waals surface area contributed by atoms with E-state index in [-0.39, 0.29) is 12.6 Å². The van der Waals surface area contributed by atoms with E-state index >= 15 is 0 Å². The molecule has 4 amide bonds. The van der Waals surface area contributed by atoms with Crippen LogP contribution in [-0.4, -0.2) is 69.0 Å². The van der Waals surface area contributed by atoms with Gasteiger partial charge in [0.15, 0.2) is 17.4 Å². The molecular weight excluding hydrogens is 378 g/mol. The molecule has 1 aromatic rings. The van der Waals surface area contributed by atoms with E-state index in [1.165, 1.54) is 13.3 Å². The highest BCUT2D eigenvalue weighted by Crippen LogP contribution is 2.27. The monoisotopic (exact) mass is 403 g/mol. The minimum absolute atomic E-state index is 0.0239. The van der Waals surface area contributed by atoms with E-state index in [0.29, 0.717) is 31.1 Å². The minimum atomic E-state index is -1.11. The third kappa shape index (κ3) is 4.92. The number of methoxy groups -OCH3 is 2. The summed E-state index contributed by atoms with van der Waals surface area (Å²) in [4.78, 5) is 42.2. The second kappa shape index (κ2) is 9.51. The van der Waals surface area contributed by atoms with Gasteiger partial charge in [0.2, 0.25) is 11.8 Å². The molecule has 0 bridgehead atoms. The molecule has 2 heterocycles. The molecule has 9 heteroatoms. The first-order valence-corrected chi connectivity index (χ1v) is 9.52. The first-order chi connectivity index (χ1) is 14.0. The van der Waals surface area contributed by atoms with E-state index in [9.17, 15) is 14.4 Å². The molecule has 0 saturated carbocycles. The van der Waals surface area contributed by atoms with Crippen LogP contribution in [0.1, 0.15) is 18.4 Å². The van der Waals surface area contributed by atoms with Crippen molar-refractivity contribution in [3.8, 4) is 11.5 Å². The van der Waals surface area contributed by atoms with Crippen LogP contribution in [0.15, 0.2) is 23.2 Å². The molecule has 0 spiro atoms. The van der Waals surface area contributed by atoms with E-state index in [4.69, 9.17) is 14.2 Å². The lowest BCUT2D eigenvalue weighted by atomic mass is 10.1. The lowest BCUT2D eigenvalue weighted by Crippen LogP contribution is -2.58. The normalized spacial score (nSPS) is 22.3. The van der Waals surface area contributed by atoms with Crippen LogP contribution in [0.25, 0.3) is 0 Å². The maximum atomic E-state index is 12.7. The summed E-state index contributed by atoms with van der Waals surface area (Å²) in [5.74, 6) is -1.18. The average molecular weight is 403 g/mol. The number of nitrogens with zero attached hydrogens (tertiary/aromatic N) is 2. The van der Waals surface area contributed by atoms with Crippen molar-refractivity contribution in [1.82, 2.24) is 10.2 Å². The summed E-state index contributed by atoms with van der Waals surface area (Å²) in [6.07, 6.45) is 3.65. The number of imide groups is 2. The summed E-state index contributed by atoms with van der Waals surface area (Å²) in [6, 6.07) is 4.66. The van der Waals surface area contributed by atoms with E-state index in [0.717, 1.165) is 23.3 Å². The molecule has 2 fully saturated rings. The second-order valence-corrected chi connectivity index (χ2v) is 6.85. The van der Waals surface area contributed by atoms with Gasteiger partial charge in [-0.15, -0.1) is 0 Å². The molecule has 1 aromatic carbocycles. The van der Waals surface area contributed by atoms with Crippen LogP contribution in [0.5, 0.6) is 11.5 Å². The fourth-order valence-electron chi connectivity index (χ4n) is 3.32. The predicted molar refractivity (Wildman–Crippen MR) is 104 cm³/mol. The van der Waals surface area contributed by atoms with Crippen LogP contribution in [0, 0.1) is 5.92 Å². The van der Waals surface area contributed by atoms with Crippen molar-refractivity contribution in [3.63, 3.8) is 0 Å². The average Bonchev–Trinajstić information content (AvgIpc) is 3.23. The smallest absolute Gasteiger partial charge is 0.330 e. The molecule has 0 aliphatic carbocycles. The maximum Gasteiger partial charge on any atom is 0.330 e. The molecular formula is C20H25N3O6. The number of carbonyl (C=O) groups excluding carboxylic acids is 3. The highest BCUT2D eigenvalue weighted by atomic mass is 16.5. The summed E-state index contributed by atoms with van der Waals surface area (Å²) in [5.41, 5.74) is 0.865. The standard InChI is InChI=1S/C20H25N3O6/c1-27-16-6-5-13(10-17(16)28-2)7-8-23-19(25)15(18(24)22-20(23)26)12-21-11-14-4-3-9-29-14/h5-6,10,12,14-15H,3-4,7-9,11H2,1-2H3,(H,22,24,26)/t14-,15-/m1/s1. The van der Waals surface area contributed by atoms with Gasteiger partial charge in [0.25, 0.3) is 0 Å². The van der Waals surface area contributed by atoms with Crippen molar-refractivity contribution < 1.29 is 28.6 Å². The van der Waals surface area contributed by atoms with E-state index in [1.54, 1.807) is 19.2 Å². The highest BCUT2D eigenvalue weighted by Gasteiger charge is 2.39. The Hall–Kier alpha value is -2.94. The zero-order valence-corrected chi connectivity index (χ0v) is 16.6. The van der Waals surface area contributed by atoms with Crippen molar-refractivity contribution in [2.24, 2.45) is 10.9 Å². The highest BCUT2D eigenvalue weighted by molar-refractivity contribution is 6.23. The third-order valence-corrected chi connectivity index (χ3v) is 4.95. The van der Waals surface area contributed by atoms with Crippen LogP contribution >= 0.6 is 0 Å². The number of nitrogens with one attached hydrogen (secondary N) is 1. The number of ether oxygens (including phenoxy) is 3. The molecule has 2 saturated heterocycles. The van der Waals surface area contributed by atoms with Crippen LogP contribution in [0.3, 0.4) is 0 Å². The van der Waals surface area contributed by atoms with Crippen LogP contribution in [-0.2, 0) is 20.7 Å². The number of hydrogen-bond donors (Lipinski definition) is 1. The van der Waals surface area contributed by atoms with Gasteiger partial charge in [0, 0.05) is 19.4 Å². The Morgan fingerprint density at radius 2 is 2.03 bits per heavy atom.